The molecule has 0 saturated heterocycles. The summed E-state index contributed by atoms with van der Waals surface area (Å²) >= 11 is 3.50. The molecule has 0 unspecified atom stereocenters. The van der Waals surface area contributed by atoms with E-state index in [2.05, 4.69) is 16.8 Å². The van der Waals surface area contributed by atoms with Crippen molar-refractivity contribution in [2.24, 2.45) is 0 Å². The monoisotopic (exact) mass is 398 g/mol. The molecule has 0 radical (unpaired) electrons. The summed E-state index contributed by atoms with van der Waals surface area (Å²) in [7, 11) is 0. The third-order valence-corrected chi connectivity index (χ3v) is 5.93. The van der Waals surface area contributed by atoms with Gasteiger partial charge in [-0.25, -0.2) is 0 Å². The molecule has 0 spiro atoms. The van der Waals surface area contributed by atoms with Crippen molar-refractivity contribution in [3.8, 4) is 15.5 Å². The molecule has 2 aromatic heterocycles. The second kappa shape index (κ2) is 11.7. The Morgan fingerprint density at radius 2 is 1.19 bits per heavy atom. The highest BCUT2D eigenvalue weighted by Crippen LogP contribution is 2.41. The van der Waals surface area contributed by atoms with E-state index in [1.807, 2.05) is 6.07 Å². The average molecular weight is 399 g/mol. The standard InChI is InChI=1S/C19H26O5S2/c1-2-16-3-14-25-18(16)19-17(4-15-26-19)24-13-12-23-11-10-22-9-8-21-7-6-20-5-1/h3-4,14-15H,1-2,5-13H2. The summed E-state index contributed by atoms with van der Waals surface area (Å²) in [6, 6.07) is 4.25. The molecule has 0 aromatic carbocycles. The van der Waals surface area contributed by atoms with Crippen LogP contribution in [0.25, 0.3) is 9.75 Å². The first-order valence-corrected chi connectivity index (χ1v) is 10.8. The van der Waals surface area contributed by atoms with Crippen molar-refractivity contribution < 1.29 is 23.7 Å². The zero-order valence-electron chi connectivity index (χ0n) is 14.9. The van der Waals surface area contributed by atoms with Crippen LogP contribution in [0.15, 0.2) is 22.9 Å². The molecule has 1 aliphatic rings. The number of hydrogen-bond acceptors (Lipinski definition) is 7. The van der Waals surface area contributed by atoms with Crippen LogP contribution >= 0.6 is 22.7 Å². The molecule has 2 aromatic rings. The van der Waals surface area contributed by atoms with Crippen LogP contribution in [0.3, 0.4) is 0 Å². The molecule has 1 aliphatic heterocycles. The minimum atomic E-state index is 0.543. The first-order valence-electron chi connectivity index (χ1n) is 9.03. The second-order valence-electron chi connectivity index (χ2n) is 5.79. The van der Waals surface area contributed by atoms with E-state index < -0.39 is 0 Å². The fourth-order valence-electron chi connectivity index (χ4n) is 2.65. The van der Waals surface area contributed by atoms with Gasteiger partial charge < -0.3 is 23.7 Å². The Hall–Kier alpha value is -0.960. The van der Waals surface area contributed by atoms with Gasteiger partial charge in [0.25, 0.3) is 0 Å². The van der Waals surface area contributed by atoms with Gasteiger partial charge in [-0.3, -0.25) is 0 Å². The van der Waals surface area contributed by atoms with Crippen LogP contribution in [0.5, 0.6) is 5.75 Å². The quantitative estimate of drug-likeness (QED) is 0.674. The van der Waals surface area contributed by atoms with Crippen LogP contribution < -0.4 is 4.74 Å². The van der Waals surface area contributed by atoms with Gasteiger partial charge in [-0.05, 0) is 41.3 Å². The van der Waals surface area contributed by atoms with Gasteiger partial charge in [0.15, 0.2) is 0 Å². The Bertz CT molecular complexity index is 571. The Morgan fingerprint density at radius 3 is 1.92 bits per heavy atom. The Kier molecular flexibility index (Phi) is 8.90. The lowest BCUT2D eigenvalue weighted by Gasteiger charge is -2.10. The summed E-state index contributed by atoms with van der Waals surface area (Å²) in [6.07, 6.45) is 2.01. The van der Waals surface area contributed by atoms with Crippen molar-refractivity contribution >= 4 is 22.7 Å². The van der Waals surface area contributed by atoms with Crippen molar-refractivity contribution in [1.82, 2.24) is 0 Å². The van der Waals surface area contributed by atoms with E-state index in [-0.39, 0.29) is 0 Å². The molecule has 5 nitrogen and oxygen atoms in total. The van der Waals surface area contributed by atoms with Gasteiger partial charge in [0, 0.05) is 6.61 Å². The summed E-state index contributed by atoms with van der Waals surface area (Å²) in [5, 5.41) is 4.24. The summed E-state index contributed by atoms with van der Waals surface area (Å²) in [5.74, 6) is 0.946. The lowest BCUT2D eigenvalue weighted by Crippen LogP contribution is -2.14. The van der Waals surface area contributed by atoms with Crippen LogP contribution in [0.1, 0.15) is 12.0 Å². The van der Waals surface area contributed by atoms with Gasteiger partial charge in [0.2, 0.25) is 0 Å². The van der Waals surface area contributed by atoms with E-state index in [0.717, 1.165) is 25.2 Å². The fraction of sp³-hybridized carbons (Fsp3) is 0.579. The van der Waals surface area contributed by atoms with Crippen molar-refractivity contribution in [1.29, 1.82) is 0 Å². The Morgan fingerprint density at radius 1 is 0.615 bits per heavy atom. The molecular formula is C19H26O5S2. The molecule has 144 valence electrons. The first-order chi connectivity index (χ1) is 12.9. The summed E-state index contributed by atoms with van der Waals surface area (Å²) < 4.78 is 28.1. The van der Waals surface area contributed by atoms with Gasteiger partial charge in [-0.1, -0.05) is 0 Å². The van der Waals surface area contributed by atoms with Crippen molar-refractivity contribution in [3.63, 3.8) is 0 Å². The van der Waals surface area contributed by atoms with E-state index in [0.29, 0.717) is 52.9 Å². The van der Waals surface area contributed by atoms with E-state index in [1.165, 1.54) is 15.3 Å². The van der Waals surface area contributed by atoms with Gasteiger partial charge in [0.1, 0.15) is 12.4 Å². The van der Waals surface area contributed by atoms with Gasteiger partial charge in [-0.2, -0.15) is 0 Å². The molecule has 0 amide bonds. The highest BCUT2D eigenvalue weighted by Gasteiger charge is 2.14. The van der Waals surface area contributed by atoms with E-state index in [1.54, 1.807) is 22.7 Å². The largest absolute Gasteiger partial charge is 0.490 e. The normalized spacial score (nSPS) is 19.1. The molecular weight excluding hydrogens is 372 g/mol. The SMILES string of the molecule is c1cc2c(s1)-c1sccc1OCCOCCOCCOCCOCCC2. The van der Waals surface area contributed by atoms with Crippen LogP contribution in [-0.4, -0.2) is 59.5 Å². The van der Waals surface area contributed by atoms with E-state index >= 15 is 0 Å². The Balaban J connectivity index is 1.59. The minimum absolute atomic E-state index is 0.543. The third-order valence-electron chi connectivity index (χ3n) is 3.92. The van der Waals surface area contributed by atoms with Gasteiger partial charge in [0.05, 0.1) is 56.0 Å². The highest BCUT2D eigenvalue weighted by molar-refractivity contribution is 7.20. The van der Waals surface area contributed by atoms with Crippen molar-refractivity contribution in [2.45, 2.75) is 12.8 Å². The Labute approximate surface area is 162 Å². The number of thiophene rings is 2. The predicted octanol–water partition coefficient (Wildman–Crippen LogP) is 3.87. The summed E-state index contributed by atoms with van der Waals surface area (Å²) in [5.41, 5.74) is 1.37. The maximum atomic E-state index is 5.94. The predicted molar refractivity (Wildman–Crippen MR) is 105 cm³/mol. The van der Waals surface area contributed by atoms with Crippen LogP contribution in [0, 0.1) is 0 Å². The van der Waals surface area contributed by atoms with Crippen molar-refractivity contribution in [3.05, 3.63) is 28.5 Å². The van der Waals surface area contributed by atoms with Crippen LogP contribution in [-0.2, 0) is 25.4 Å². The smallest absolute Gasteiger partial charge is 0.138 e. The van der Waals surface area contributed by atoms with Crippen LogP contribution in [0.4, 0.5) is 0 Å². The highest BCUT2D eigenvalue weighted by atomic mass is 32.1. The van der Waals surface area contributed by atoms with Crippen molar-refractivity contribution in [2.75, 3.05) is 59.5 Å². The molecule has 3 rings (SSSR count). The lowest BCUT2D eigenvalue weighted by molar-refractivity contribution is -0.00472. The third kappa shape index (κ3) is 6.33. The zero-order chi connectivity index (χ0) is 17.9. The van der Waals surface area contributed by atoms with Gasteiger partial charge >= 0.3 is 0 Å². The average Bonchev–Trinajstić information content (AvgIpc) is 3.29. The molecule has 0 saturated carbocycles. The van der Waals surface area contributed by atoms with E-state index in [9.17, 15) is 0 Å². The molecule has 3 heterocycles. The number of ether oxygens (including phenoxy) is 5. The molecule has 0 N–H and O–H groups in total. The molecule has 0 bridgehead atoms. The molecule has 0 atom stereocenters. The fourth-order valence-corrected chi connectivity index (χ4v) is 4.64. The molecule has 26 heavy (non-hydrogen) atoms. The maximum absolute atomic E-state index is 5.94. The number of aryl methyl sites for hydroxylation is 1. The number of rotatable bonds is 0. The summed E-state index contributed by atoms with van der Waals surface area (Å²) in [4.78, 5) is 2.52. The maximum Gasteiger partial charge on any atom is 0.138 e. The van der Waals surface area contributed by atoms with Gasteiger partial charge in [-0.15, -0.1) is 22.7 Å². The van der Waals surface area contributed by atoms with Crippen LogP contribution in [0.2, 0.25) is 0 Å². The first kappa shape index (κ1) is 19.8. The molecule has 0 fully saturated rings. The van der Waals surface area contributed by atoms with E-state index in [4.69, 9.17) is 23.7 Å². The molecule has 0 aliphatic carbocycles. The second-order valence-corrected chi connectivity index (χ2v) is 7.62. The minimum Gasteiger partial charge on any atom is -0.490 e. The molecule has 7 heteroatoms. The summed E-state index contributed by atoms with van der Waals surface area (Å²) in [6.45, 7) is 5.40. The number of hydrogen-bond donors (Lipinski definition) is 0. The topological polar surface area (TPSA) is 46.2 Å². The lowest BCUT2D eigenvalue weighted by atomic mass is 10.1. The number of fused-ring (bicyclic) bond motifs is 3. The zero-order valence-corrected chi connectivity index (χ0v) is 16.6.